The van der Waals surface area contributed by atoms with Gasteiger partial charge in [-0.25, -0.2) is 0 Å². The number of fused-ring (bicyclic) bond motifs is 1. The number of nitro groups is 1. The number of aryl methyl sites for hydroxylation is 1. The van der Waals surface area contributed by atoms with Crippen LogP contribution in [0.1, 0.15) is 5.56 Å². The number of anilines is 2. The van der Waals surface area contributed by atoms with Crippen LogP contribution in [-0.2, 0) is 7.05 Å². The van der Waals surface area contributed by atoms with Crippen molar-refractivity contribution < 1.29 is 9.66 Å². The van der Waals surface area contributed by atoms with Crippen LogP contribution in [0.25, 0.3) is 10.9 Å². The molecule has 2 aromatic carbocycles. The summed E-state index contributed by atoms with van der Waals surface area (Å²) in [5.41, 5.74) is 4.40. The molecule has 1 fully saturated rings. The number of nitro benzene ring substituents is 1. The van der Waals surface area contributed by atoms with Crippen molar-refractivity contribution in [2.75, 3.05) is 56.8 Å². The second-order valence-corrected chi connectivity index (χ2v) is 8.70. The monoisotopic (exact) mass is 460 g/mol. The Morgan fingerprint density at radius 2 is 1.82 bits per heavy atom. The van der Waals surface area contributed by atoms with Crippen molar-refractivity contribution in [1.82, 2.24) is 9.47 Å². The molecule has 2 aliphatic heterocycles. The van der Waals surface area contributed by atoms with Gasteiger partial charge in [0.05, 0.1) is 23.4 Å². The Morgan fingerprint density at radius 1 is 1.06 bits per heavy atom. The minimum atomic E-state index is -0.310. The maximum atomic E-state index is 12.0. The number of allylic oxidation sites excluding steroid dienone is 1. The fourth-order valence-corrected chi connectivity index (χ4v) is 4.67. The number of nitrogens with zero attached hydrogens (tertiary/aromatic N) is 6. The van der Waals surface area contributed by atoms with Gasteiger partial charge in [0.25, 0.3) is 5.69 Å². The summed E-state index contributed by atoms with van der Waals surface area (Å²) in [6.07, 6.45) is 5.95. The number of hydrogen-bond donors (Lipinski definition) is 0. The highest BCUT2D eigenvalue weighted by Crippen LogP contribution is 2.41. The Bertz CT molecular complexity index is 1300. The lowest BCUT2D eigenvalue weighted by Crippen LogP contribution is -2.44. The zero-order valence-corrected chi connectivity index (χ0v) is 19.6. The van der Waals surface area contributed by atoms with Crippen molar-refractivity contribution in [3.8, 4) is 5.75 Å². The standard InChI is InChI=1S/C25H28N6O3/c1-27-10-12-29(13-11-27)22-15-25(34-3)24(14-23(22)31(32)33)30-9-8-20(26-17-30)19-16-28(2)21-7-5-4-6-18(19)21/h4-9,14-16H,10-13,17H2,1-3H3. The van der Waals surface area contributed by atoms with E-state index in [9.17, 15) is 10.1 Å². The van der Waals surface area contributed by atoms with Crippen LogP contribution in [0.2, 0.25) is 0 Å². The molecular formula is C25H28N6O3. The molecule has 0 bridgehead atoms. The Balaban J connectivity index is 1.46. The van der Waals surface area contributed by atoms with E-state index in [0.29, 0.717) is 23.8 Å². The smallest absolute Gasteiger partial charge is 0.294 e. The predicted octanol–water partition coefficient (Wildman–Crippen LogP) is 3.63. The van der Waals surface area contributed by atoms with E-state index < -0.39 is 0 Å². The largest absolute Gasteiger partial charge is 0.494 e. The van der Waals surface area contributed by atoms with Crippen LogP contribution in [0.4, 0.5) is 17.1 Å². The molecule has 0 radical (unpaired) electrons. The molecule has 0 atom stereocenters. The van der Waals surface area contributed by atoms with E-state index >= 15 is 0 Å². The molecule has 0 saturated carbocycles. The number of para-hydroxylation sites is 1. The van der Waals surface area contributed by atoms with E-state index in [1.807, 2.05) is 36.4 Å². The van der Waals surface area contributed by atoms with Gasteiger partial charge in [-0.1, -0.05) is 18.2 Å². The number of likely N-dealkylation sites (N-methyl/N-ethyl adjacent to an activating group) is 1. The van der Waals surface area contributed by atoms with Crippen molar-refractivity contribution >= 4 is 33.7 Å². The molecule has 1 aromatic heterocycles. The summed E-state index contributed by atoms with van der Waals surface area (Å²) < 4.78 is 7.77. The van der Waals surface area contributed by atoms with Gasteiger partial charge in [0.1, 0.15) is 18.1 Å². The minimum absolute atomic E-state index is 0.0811. The number of aliphatic imine (C=N–C) groups is 1. The first-order chi connectivity index (χ1) is 16.5. The summed E-state index contributed by atoms with van der Waals surface area (Å²) in [5, 5.41) is 13.1. The first kappa shape index (κ1) is 22.0. The predicted molar refractivity (Wildman–Crippen MR) is 135 cm³/mol. The SMILES string of the molecule is COc1cc(N2CCN(C)CC2)c([N+](=O)[O-])cc1N1C=CC(c2cn(C)c3ccccc23)=NC1. The summed E-state index contributed by atoms with van der Waals surface area (Å²) >= 11 is 0. The number of hydrogen-bond acceptors (Lipinski definition) is 7. The quantitative estimate of drug-likeness (QED) is 0.427. The lowest BCUT2D eigenvalue weighted by atomic mass is 10.1. The van der Waals surface area contributed by atoms with Crippen LogP contribution < -0.4 is 14.5 Å². The number of rotatable bonds is 5. The summed E-state index contributed by atoms with van der Waals surface area (Å²) in [6.45, 7) is 3.55. The molecule has 176 valence electrons. The lowest BCUT2D eigenvalue weighted by Gasteiger charge is -2.34. The Morgan fingerprint density at radius 3 is 2.50 bits per heavy atom. The van der Waals surface area contributed by atoms with Crippen LogP contribution in [0.5, 0.6) is 5.75 Å². The molecule has 0 aliphatic carbocycles. The van der Waals surface area contributed by atoms with Crippen molar-refractivity contribution in [2.45, 2.75) is 0 Å². The van der Waals surface area contributed by atoms with Crippen LogP contribution in [0.3, 0.4) is 0 Å². The topological polar surface area (TPSA) is 79.4 Å². The number of piperazine rings is 1. The molecule has 9 nitrogen and oxygen atoms in total. The van der Waals surface area contributed by atoms with Crippen LogP contribution >= 0.6 is 0 Å². The zero-order valence-electron chi connectivity index (χ0n) is 19.6. The second kappa shape index (κ2) is 8.83. The molecule has 1 saturated heterocycles. The number of ether oxygens (including phenoxy) is 1. The van der Waals surface area contributed by atoms with E-state index in [2.05, 4.69) is 39.7 Å². The van der Waals surface area contributed by atoms with Crippen molar-refractivity contribution in [1.29, 1.82) is 0 Å². The molecule has 34 heavy (non-hydrogen) atoms. The van der Waals surface area contributed by atoms with E-state index in [-0.39, 0.29) is 10.6 Å². The average Bonchev–Trinajstić information content (AvgIpc) is 3.20. The molecule has 3 aromatic rings. The van der Waals surface area contributed by atoms with Crippen LogP contribution in [0, 0.1) is 10.1 Å². The summed E-state index contributed by atoms with van der Waals surface area (Å²) in [6, 6.07) is 11.6. The Hall–Kier alpha value is -3.85. The van der Waals surface area contributed by atoms with E-state index in [1.165, 1.54) is 0 Å². The Kier molecular flexibility index (Phi) is 5.70. The van der Waals surface area contributed by atoms with Gasteiger partial charge in [-0.15, -0.1) is 0 Å². The van der Waals surface area contributed by atoms with Gasteiger partial charge in [0.15, 0.2) is 0 Å². The van der Waals surface area contributed by atoms with E-state index in [0.717, 1.165) is 48.4 Å². The number of benzene rings is 2. The second-order valence-electron chi connectivity index (χ2n) is 8.70. The molecule has 0 N–H and O–H groups in total. The molecule has 0 amide bonds. The van der Waals surface area contributed by atoms with Crippen molar-refractivity contribution in [3.05, 3.63) is 70.5 Å². The van der Waals surface area contributed by atoms with Crippen LogP contribution in [0.15, 0.2) is 59.9 Å². The number of methoxy groups -OCH3 is 1. The maximum Gasteiger partial charge on any atom is 0.294 e. The summed E-state index contributed by atoms with van der Waals surface area (Å²) in [4.78, 5) is 22.6. The van der Waals surface area contributed by atoms with E-state index in [1.54, 1.807) is 19.2 Å². The van der Waals surface area contributed by atoms with E-state index in [4.69, 9.17) is 9.73 Å². The number of aromatic nitrogens is 1. The molecule has 3 heterocycles. The van der Waals surface area contributed by atoms with Gasteiger partial charge in [-0.05, 0) is 19.2 Å². The highest BCUT2D eigenvalue weighted by molar-refractivity contribution is 6.17. The first-order valence-corrected chi connectivity index (χ1v) is 11.3. The van der Waals surface area contributed by atoms with Gasteiger partial charge in [0.2, 0.25) is 0 Å². The highest BCUT2D eigenvalue weighted by Gasteiger charge is 2.27. The third-order valence-electron chi connectivity index (χ3n) is 6.60. The summed E-state index contributed by atoms with van der Waals surface area (Å²) in [5.74, 6) is 0.591. The van der Waals surface area contributed by atoms with Gasteiger partial charge in [-0.2, -0.15) is 0 Å². The summed E-state index contributed by atoms with van der Waals surface area (Å²) in [7, 11) is 5.68. The molecule has 9 heteroatoms. The van der Waals surface area contributed by atoms with Gasteiger partial charge < -0.3 is 24.0 Å². The average molecular weight is 461 g/mol. The zero-order chi connectivity index (χ0) is 23.8. The molecular weight excluding hydrogens is 432 g/mol. The lowest BCUT2D eigenvalue weighted by molar-refractivity contribution is -0.384. The third kappa shape index (κ3) is 3.88. The highest BCUT2D eigenvalue weighted by atomic mass is 16.6. The minimum Gasteiger partial charge on any atom is -0.494 e. The molecule has 2 aliphatic rings. The van der Waals surface area contributed by atoms with Gasteiger partial charge >= 0.3 is 0 Å². The molecule has 0 unspecified atom stereocenters. The van der Waals surface area contributed by atoms with Gasteiger partial charge in [0, 0.05) is 74.2 Å². The maximum absolute atomic E-state index is 12.0. The van der Waals surface area contributed by atoms with Gasteiger partial charge in [-0.3, -0.25) is 15.1 Å². The fourth-order valence-electron chi connectivity index (χ4n) is 4.67. The third-order valence-corrected chi connectivity index (χ3v) is 6.60. The molecule has 5 rings (SSSR count). The Labute approximate surface area is 198 Å². The fraction of sp³-hybridized carbons (Fsp3) is 0.320. The normalized spacial score (nSPS) is 16.7. The van der Waals surface area contributed by atoms with Crippen LogP contribution in [-0.4, -0.2) is 67.1 Å². The first-order valence-electron chi connectivity index (χ1n) is 11.3. The molecule has 0 spiro atoms. The van der Waals surface area contributed by atoms with Crippen molar-refractivity contribution in [2.24, 2.45) is 12.0 Å². The van der Waals surface area contributed by atoms with Crippen molar-refractivity contribution in [3.63, 3.8) is 0 Å².